The molecule has 1 aromatic carbocycles. The molecular weight excluding hydrogens is 386 g/mol. The molecule has 0 aliphatic rings. The van der Waals surface area contributed by atoms with Gasteiger partial charge in [-0.3, -0.25) is 14.9 Å². The SMILES string of the molecule is COc1cc(C(=O)NCC(=O)Nc2nc3scc(C)n3n2)cc(OC)c1OC. The van der Waals surface area contributed by atoms with Gasteiger partial charge in [-0.1, -0.05) is 0 Å². The summed E-state index contributed by atoms with van der Waals surface area (Å²) in [6.45, 7) is 1.64. The average molecular weight is 405 g/mol. The Morgan fingerprint density at radius 1 is 1.14 bits per heavy atom. The predicted molar refractivity (Wildman–Crippen MR) is 103 cm³/mol. The molecule has 0 fully saturated rings. The van der Waals surface area contributed by atoms with Crippen LogP contribution in [0.3, 0.4) is 0 Å². The molecule has 3 aromatic rings. The van der Waals surface area contributed by atoms with E-state index in [1.807, 2.05) is 12.3 Å². The van der Waals surface area contributed by atoms with E-state index in [1.165, 1.54) is 44.8 Å². The lowest BCUT2D eigenvalue weighted by atomic mass is 10.1. The molecule has 0 aliphatic carbocycles. The molecule has 2 heterocycles. The molecule has 148 valence electrons. The Labute approximate surface area is 164 Å². The van der Waals surface area contributed by atoms with Crippen LogP contribution >= 0.6 is 11.3 Å². The van der Waals surface area contributed by atoms with Crippen molar-refractivity contribution >= 4 is 34.1 Å². The van der Waals surface area contributed by atoms with E-state index in [4.69, 9.17) is 14.2 Å². The van der Waals surface area contributed by atoms with Crippen LogP contribution in [0.15, 0.2) is 17.5 Å². The third-order valence-corrected chi connectivity index (χ3v) is 4.77. The van der Waals surface area contributed by atoms with Crippen molar-refractivity contribution < 1.29 is 23.8 Å². The van der Waals surface area contributed by atoms with E-state index in [9.17, 15) is 9.59 Å². The molecule has 0 atom stereocenters. The van der Waals surface area contributed by atoms with Crippen LogP contribution in [-0.2, 0) is 4.79 Å². The molecule has 0 aliphatic heterocycles. The zero-order valence-corrected chi connectivity index (χ0v) is 16.5. The van der Waals surface area contributed by atoms with Gasteiger partial charge in [-0.05, 0) is 19.1 Å². The second-order valence-corrected chi connectivity index (χ2v) is 6.49. The number of carbonyl (C=O) groups is 2. The number of benzene rings is 1. The lowest BCUT2D eigenvalue weighted by Gasteiger charge is -2.14. The van der Waals surface area contributed by atoms with Crippen LogP contribution in [0.5, 0.6) is 17.2 Å². The van der Waals surface area contributed by atoms with Crippen molar-refractivity contribution in [3.05, 3.63) is 28.8 Å². The number of rotatable bonds is 7. The molecule has 0 saturated carbocycles. The van der Waals surface area contributed by atoms with Crippen molar-refractivity contribution in [2.75, 3.05) is 33.2 Å². The Balaban J connectivity index is 1.65. The van der Waals surface area contributed by atoms with Crippen molar-refractivity contribution in [3.63, 3.8) is 0 Å². The molecular formula is C17H19N5O5S. The highest BCUT2D eigenvalue weighted by atomic mass is 32.1. The highest BCUT2D eigenvalue weighted by molar-refractivity contribution is 7.15. The summed E-state index contributed by atoms with van der Waals surface area (Å²) in [4.78, 5) is 29.4. The van der Waals surface area contributed by atoms with Gasteiger partial charge >= 0.3 is 0 Å². The summed E-state index contributed by atoms with van der Waals surface area (Å²) in [6.07, 6.45) is 0. The van der Waals surface area contributed by atoms with Gasteiger partial charge in [-0.2, -0.15) is 4.98 Å². The number of amides is 2. The first kappa shape index (κ1) is 19.4. The number of nitrogens with one attached hydrogen (secondary N) is 2. The fraction of sp³-hybridized carbons (Fsp3) is 0.294. The summed E-state index contributed by atoms with van der Waals surface area (Å²) in [5.74, 6) is 0.325. The van der Waals surface area contributed by atoms with E-state index in [0.717, 1.165) is 5.69 Å². The number of fused-ring (bicyclic) bond motifs is 1. The van der Waals surface area contributed by atoms with Crippen molar-refractivity contribution in [3.8, 4) is 17.2 Å². The number of thiazole rings is 1. The standard InChI is InChI=1S/C17H19N5O5S/c1-9-8-28-17-20-16(21-22(9)17)19-13(23)7-18-15(24)10-5-11(25-2)14(27-4)12(6-10)26-3/h5-6,8H,7H2,1-4H3,(H,18,24)(H,19,21,23). The first-order valence-corrected chi connectivity index (χ1v) is 9.03. The van der Waals surface area contributed by atoms with Crippen LogP contribution < -0.4 is 24.8 Å². The van der Waals surface area contributed by atoms with Crippen LogP contribution in [0.1, 0.15) is 16.1 Å². The Morgan fingerprint density at radius 2 is 1.82 bits per heavy atom. The van der Waals surface area contributed by atoms with Crippen molar-refractivity contribution in [2.45, 2.75) is 6.92 Å². The summed E-state index contributed by atoms with van der Waals surface area (Å²) in [7, 11) is 4.38. The van der Waals surface area contributed by atoms with E-state index in [0.29, 0.717) is 22.2 Å². The molecule has 3 rings (SSSR count). The molecule has 2 amide bonds. The predicted octanol–water partition coefficient (Wildman–Crippen LogP) is 1.49. The molecule has 2 aromatic heterocycles. The van der Waals surface area contributed by atoms with Gasteiger partial charge in [0.05, 0.1) is 33.6 Å². The van der Waals surface area contributed by atoms with Gasteiger partial charge in [0.2, 0.25) is 22.6 Å². The fourth-order valence-corrected chi connectivity index (χ4v) is 3.29. The average Bonchev–Trinajstić information content (AvgIpc) is 3.25. The topological polar surface area (TPSA) is 116 Å². The van der Waals surface area contributed by atoms with Gasteiger partial charge in [0.25, 0.3) is 5.91 Å². The van der Waals surface area contributed by atoms with Gasteiger partial charge in [-0.15, -0.1) is 16.4 Å². The summed E-state index contributed by atoms with van der Waals surface area (Å²) < 4.78 is 17.3. The summed E-state index contributed by atoms with van der Waals surface area (Å²) in [5, 5.41) is 11.2. The first-order valence-electron chi connectivity index (χ1n) is 8.15. The molecule has 10 nitrogen and oxygen atoms in total. The van der Waals surface area contributed by atoms with Gasteiger partial charge in [0.15, 0.2) is 11.5 Å². The number of hydrogen-bond acceptors (Lipinski definition) is 8. The van der Waals surface area contributed by atoms with Crippen molar-refractivity contribution in [1.29, 1.82) is 0 Å². The van der Waals surface area contributed by atoms with Crippen LogP contribution in [-0.4, -0.2) is 54.3 Å². The third kappa shape index (κ3) is 3.83. The minimum atomic E-state index is -0.468. The van der Waals surface area contributed by atoms with Crippen LogP contribution in [0.4, 0.5) is 5.95 Å². The second kappa shape index (κ2) is 8.13. The normalized spacial score (nSPS) is 10.6. The molecule has 0 spiro atoms. The highest BCUT2D eigenvalue weighted by Crippen LogP contribution is 2.38. The Hall–Kier alpha value is -3.34. The quantitative estimate of drug-likeness (QED) is 0.612. The molecule has 28 heavy (non-hydrogen) atoms. The molecule has 2 N–H and O–H groups in total. The van der Waals surface area contributed by atoms with E-state index in [-0.39, 0.29) is 18.1 Å². The Kier molecular flexibility index (Phi) is 5.64. The number of aryl methyl sites for hydroxylation is 1. The first-order chi connectivity index (χ1) is 13.5. The Bertz CT molecular complexity index is 1000. The highest BCUT2D eigenvalue weighted by Gasteiger charge is 2.18. The number of anilines is 1. The number of methoxy groups -OCH3 is 3. The van der Waals surface area contributed by atoms with Gasteiger partial charge in [-0.25, -0.2) is 4.52 Å². The number of aromatic nitrogens is 3. The van der Waals surface area contributed by atoms with Crippen molar-refractivity contribution in [2.24, 2.45) is 0 Å². The summed E-state index contributed by atoms with van der Waals surface area (Å²) in [6, 6.07) is 3.00. The molecule has 11 heteroatoms. The second-order valence-electron chi connectivity index (χ2n) is 5.65. The maximum Gasteiger partial charge on any atom is 0.251 e. The van der Waals surface area contributed by atoms with Gasteiger partial charge < -0.3 is 19.5 Å². The molecule has 0 bridgehead atoms. The summed E-state index contributed by atoms with van der Waals surface area (Å²) >= 11 is 1.42. The van der Waals surface area contributed by atoms with Crippen LogP contribution in [0.25, 0.3) is 4.96 Å². The minimum Gasteiger partial charge on any atom is -0.493 e. The fourth-order valence-electron chi connectivity index (χ4n) is 2.49. The van der Waals surface area contributed by atoms with Crippen LogP contribution in [0, 0.1) is 6.92 Å². The number of nitrogens with zero attached hydrogens (tertiary/aromatic N) is 3. The lowest BCUT2D eigenvalue weighted by Crippen LogP contribution is -2.33. The largest absolute Gasteiger partial charge is 0.493 e. The minimum absolute atomic E-state index is 0.182. The van der Waals surface area contributed by atoms with Gasteiger partial charge in [0.1, 0.15) is 0 Å². The zero-order valence-electron chi connectivity index (χ0n) is 15.7. The smallest absolute Gasteiger partial charge is 0.251 e. The number of hydrogen-bond donors (Lipinski definition) is 2. The molecule has 0 unspecified atom stereocenters. The maximum atomic E-state index is 12.4. The lowest BCUT2D eigenvalue weighted by molar-refractivity contribution is -0.115. The Morgan fingerprint density at radius 3 is 2.39 bits per heavy atom. The third-order valence-electron chi connectivity index (χ3n) is 3.83. The van der Waals surface area contributed by atoms with E-state index in [2.05, 4.69) is 20.7 Å². The van der Waals surface area contributed by atoms with E-state index < -0.39 is 11.8 Å². The molecule has 0 radical (unpaired) electrons. The monoisotopic (exact) mass is 405 g/mol. The number of ether oxygens (including phenoxy) is 3. The van der Waals surface area contributed by atoms with Crippen molar-refractivity contribution in [1.82, 2.24) is 19.9 Å². The maximum absolute atomic E-state index is 12.4. The summed E-state index contributed by atoms with van der Waals surface area (Å²) in [5.41, 5.74) is 1.18. The van der Waals surface area contributed by atoms with Gasteiger partial charge in [0, 0.05) is 10.9 Å². The van der Waals surface area contributed by atoms with Crippen LogP contribution in [0.2, 0.25) is 0 Å². The van der Waals surface area contributed by atoms with E-state index >= 15 is 0 Å². The van der Waals surface area contributed by atoms with E-state index in [1.54, 1.807) is 4.52 Å². The number of carbonyl (C=O) groups excluding carboxylic acids is 2. The zero-order chi connectivity index (χ0) is 20.3. The molecule has 0 saturated heterocycles.